The fourth-order valence-electron chi connectivity index (χ4n) is 2.70. The third kappa shape index (κ3) is 4.05. The lowest BCUT2D eigenvalue weighted by Crippen LogP contribution is -2.27. The maximum absolute atomic E-state index is 12.7. The molecule has 0 atom stereocenters. The zero-order valence-electron chi connectivity index (χ0n) is 12.9. The Morgan fingerprint density at radius 1 is 1.33 bits per heavy atom. The van der Waals surface area contributed by atoms with Gasteiger partial charge in [0, 0.05) is 19.8 Å². The molecule has 1 fully saturated rings. The molecule has 2 heterocycles. The summed E-state index contributed by atoms with van der Waals surface area (Å²) in [5.41, 5.74) is -0.559. The molecule has 130 valence electrons. The maximum atomic E-state index is 12.7. The van der Waals surface area contributed by atoms with Gasteiger partial charge in [-0.3, -0.25) is 4.79 Å². The summed E-state index contributed by atoms with van der Waals surface area (Å²) >= 11 is 1.10. The van der Waals surface area contributed by atoms with E-state index in [1.54, 1.807) is 0 Å². The van der Waals surface area contributed by atoms with Gasteiger partial charge in [-0.2, -0.15) is 13.2 Å². The largest absolute Gasteiger partial charge is 0.416 e. The van der Waals surface area contributed by atoms with Crippen molar-refractivity contribution in [3.05, 3.63) is 28.8 Å². The number of halogens is 3. The van der Waals surface area contributed by atoms with Gasteiger partial charge in [0.25, 0.3) is 5.91 Å². The Morgan fingerprint density at radius 2 is 2.08 bits per heavy atom. The van der Waals surface area contributed by atoms with Crippen molar-refractivity contribution in [3.8, 4) is 0 Å². The van der Waals surface area contributed by atoms with Crippen LogP contribution < -0.4 is 5.32 Å². The van der Waals surface area contributed by atoms with Gasteiger partial charge in [-0.25, -0.2) is 4.98 Å². The molecule has 0 bridgehead atoms. The van der Waals surface area contributed by atoms with Crippen molar-refractivity contribution in [1.29, 1.82) is 0 Å². The molecule has 24 heavy (non-hydrogen) atoms. The summed E-state index contributed by atoms with van der Waals surface area (Å²) in [5.74, 6) is 0.209. The summed E-state index contributed by atoms with van der Waals surface area (Å²) < 4.78 is 44.0. The number of nitrogens with zero attached hydrogens (tertiary/aromatic N) is 1. The number of fused-ring (bicyclic) bond motifs is 1. The van der Waals surface area contributed by atoms with Crippen LogP contribution >= 0.6 is 11.3 Å². The molecule has 1 aliphatic heterocycles. The lowest BCUT2D eigenvalue weighted by molar-refractivity contribution is -0.137. The third-order valence-corrected chi connectivity index (χ3v) is 5.12. The van der Waals surface area contributed by atoms with Crippen LogP contribution in [0.25, 0.3) is 10.2 Å². The summed E-state index contributed by atoms with van der Waals surface area (Å²) in [6.45, 7) is 2.06. The second-order valence-corrected chi connectivity index (χ2v) is 6.83. The summed E-state index contributed by atoms with van der Waals surface area (Å²) in [5, 5.41) is 2.99. The molecular weight excluding hydrogens is 341 g/mol. The Balaban J connectivity index is 1.62. The van der Waals surface area contributed by atoms with Gasteiger partial charge >= 0.3 is 6.18 Å². The minimum absolute atomic E-state index is 0.191. The van der Waals surface area contributed by atoms with Crippen LogP contribution in [0.3, 0.4) is 0 Å². The highest BCUT2D eigenvalue weighted by molar-refractivity contribution is 7.20. The SMILES string of the molecule is O=C(NCCC1CCOCC1)c1nc2cc(C(F)(F)F)ccc2s1. The first-order valence-corrected chi connectivity index (χ1v) is 8.59. The van der Waals surface area contributed by atoms with Gasteiger partial charge in [0.05, 0.1) is 15.8 Å². The predicted octanol–water partition coefficient (Wildman–Crippen LogP) is 3.86. The molecular formula is C16H17F3N2O2S. The van der Waals surface area contributed by atoms with E-state index in [1.807, 2.05) is 0 Å². The first kappa shape index (κ1) is 17.2. The zero-order valence-corrected chi connectivity index (χ0v) is 13.7. The fourth-order valence-corrected chi connectivity index (χ4v) is 3.56. The van der Waals surface area contributed by atoms with E-state index in [2.05, 4.69) is 10.3 Å². The molecule has 1 aromatic carbocycles. The highest BCUT2D eigenvalue weighted by Crippen LogP contribution is 2.32. The molecule has 8 heteroatoms. The molecule has 1 saturated heterocycles. The van der Waals surface area contributed by atoms with Crippen LogP contribution in [0.4, 0.5) is 13.2 Å². The molecule has 1 N–H and O–H groups in total. The molecule has 3 rings (SSSR count). The van der Waals surface area contributed by atoms with Crippen molar-refractivity contribution < 1.29 is 22.7 Å². The van der Waals surface area contributed by atoms with E-state index >= 15 is 0 Å². The van der Waals surface area contributed by atoms with Gasteiger partial charge in [0.2, 0.25) is 0 Å². The third-order valence-electron chi connectivity index (χ3n) is 4.09. The van der Waals surface area contributed by atoms with Crippen molar-refractivity contribution in [3.63, 3.8) is 0 Å². The predicted molar refractivity (Wildman–Crippen MR) is 85.1 cm³/mol. The van der Waals surface area contributed by atoms with Gasteiger partial charge < -0.3 is 10.1 Å². The summed E-state index contributed by atoms with van der Waals surface area (Å²) in [6.07, 6.45) is -1.55. The summed E-state index contributed by atoms with van der Waals surface area (Å²) in [6, 6.07) is 3.34. The van der Waals surface area contributed by atoms with E-state index in [-0.39, 0.29) is 16.4 Å². The molecule has 0 radical (unpaired) electrons. The number of carbonyl (C=O) groups excluding carboxylic acids is 1. The molecule has 0 spiro atoms. The minimum atomic E-state index is -4.41. The first-order chi connectivity index (χ1) is 11.4. The Bertz CT molecular complexity index is 724. The van der Waals surface area contributed by atoms with Gasteiger partial charge in [0.15, 0.2) is 5.01 Å². The number of benzene rings is 1. The van der Waals surface area contributed by atoms with Crippen molar-refractivity contribution in [1.82, 2.24) is 10.3 Å². The standard InChI is InChI=1S/C16H17F3N2O2S/c17-16(18,19)11-1-2-13-12(9-11)21-15(24-13)14(22)20-6-3-10-4-7-23-8-5-10/h1-2,9-10H,3-8H2,(H,20,22). The number of ether oxygens (including phenoxy) is 1. The van der Waals surface area contributed by atoms with Crippen molar-refractivity contribution in [2.75, 3.05) is 19.8 Å². The average molecular weight is 358 g/mol. The lowest BCUT2D eigenvalue weighted by Gasteiger charge is -2.21. The first-order valence-electron chi connectivity index (χ1n) is 7.77. The van der Waals surface area contributed by atoms with Crippen molar-refractivity contribution in [2.24, 2.45) is 5.92 Å². The molecule has 1 aliphatic rings. The molecule has 2 aromatic rings. The smallest absolute Gasteiger partial charge is 0.381 e. The topological polar surface area (TPSA) is 51.2 Å². The van der Waals surface area contributed by atoms with Gasteiger partial charge in [0.1, 0.15) is 0 Å². The number of amides is 1. The molecule has 0 unspecified atom stereocenters. The molecule has 1 aromatic heterocycles. The number of rotatable bonds is 4. The number of carbonyl (C=O) groups is 1. The lowest BCUT2D eigenvalue weighted by atomic mass is 9.97. The Hall–Kier alpha value is -1.67. The average Bonchev–Trinajstić information content (AvgIpc) is 2.98. The monoisotopic (exact) mass is 358 g/mol. The zero-order chi connectivity index (χ0) is 17.2. The summed E-state index contributed by atoms with van der Waals surface area (Å²) in [7, 11) is 0. The summed E-state index contributed by atoms with van der Waals surface area (Å²) in [4.78, 5) is 16.2. The van der Waals surface area contributed by atoms with E-state index in [1.165, 1.54) is 6.07 Å². The fraction of sp³-hybridized carbons (Fsp3) is 0.500. The molecule has 0 saturated carbocycles. The van der Waals surface area contributed by atoms with E-state index in [0.29, 0.717) is 17.2 Å². The van der Waals surface area contributed by atoms with Gasteiger partial charge in [-0.05, 0) is 43.4 Å². The van der Waals surface area contributed by atoms with E-state index in [0.717, 1.165) is 55.9 Å². The highest BCUT2D eigenvalue weighted by Gasteiger charge is 2.31. The number of thiazole rings is 1. The van der Waals surface area contributed by atoms with Crippen LogP contribution in [0.2, 0.25) is 0 Å². The second-order valence-electron chi connectivity index (χ2n) is 5.80. The number of hydrogen-bond acceptors (Lipinski definition) is 4. The highest BCUT2D eigenvalue weighted by atomic mass is 32.1. The number of alkyl halides is 3. The molecule has 0 aliphatic carbocycles. The van der Waals surface area contributed by atoms with Crippen LogP contribution in [0.5, 0.6) is 0 Å². The Labute approximate surface area is 141 Å². The quantitative estimate of drug-likeness (QED) is 0.903. The van der Waals surface area contributed by atoms with E-state index in [4.69, 9.17) is 4.74 Å². The second kappa shape index (κ2) is 7.06. The minimum Gasteiger partial charge on any atom is -0.381 e. The van der Waals surface area contributed by atoms with Crippen molar-refractivity contribution >= 4 is 27.5 Å². The molecule has 4 nitrogen and oxygen atoms in total. The van der Waals surface area contributed by atoms with Crippen LogP contribution in [0, 0.1) is 5.92 Å². The number of aromatic nitrogens is 1. The number of nitrogens with one attached hydrogen (secondary N) is 1. The van der Waals surface area contributed by atoms with Gasteiger partial charge in [-0.15, -0.1) is 11.3 Å². The Morgan fingerprint density at radius 3 is 2.79 bits per heavy atom. The normalized spacial score (nSPS) is 16.5. The van der Waals surface area contributed by atoms with Gasteiger partial charge in [-0.1, -0.05) is 0 Å². The maximum Gasteiger partial charge on any atom is 0.416 e. The van der Waals surface area contributed by atoms with Crippen LogP contribution in [0.1, 0.15) is 34.6 Å². The van der Waals surface area contributed by atoms with Crippen molar-refractivity contribution in [2.45, 2.75) is 25.4 Å². The van der Waals surface area contributed by atoms with E-state index < -0.39 is 11.7 Å². The number of hydrogen-bond donors (Lipinski definition) is 1. The van der Waals surface area contributed by atoms with E-state index in [9.17, 15) is 18.0 Å². The van der Waals surface area contributed by atoms with Crippen LogP contribution in [0.15, 0.2) is 18.2 Å². The Kier molecular flexibility index (Phi) is 5.05. The van der Waals surface area contributed by atoms with Crippen LogP contribution in [-0.2, 0) is 10.9 Å². The molecule has 1 amide bonds. The van der Waals surface area contributed by atoms with Crippen LogP contribution in [-0.4, -0.2) is 30.6 Å².